The second kappa shape index (κ2) is 5.12. The first-order valence-electron chi connectivity index (χ1n) is 6.33. The van der Waals surface area contributed by atoms with Gasteiger partial charge in [-0.15, -0.1) is 0 Å². The third kappa shape index (κ3) is 2.64. The Kier molecular flexibility index (Phi) is 3.77. The van der Waals surface area contributed by atoms with Crippen molar-refractivity contribution in [2.24, 2.45) is 0 Å². The number of benzene rings is 1. The van der Waals surface area contributed by atoms with Gasteiger partial charge < -0.3 is 5.73 Å². The summed E-state index contributed by atoms with van der Waals surface area (Å²) >= 11 is 0. The van der Waals surface area contributed by atoms with Gasteiger partial charge in [-0.3, -0.25) is 14.9 Å². The minimum absolute atomic E-state index is 0.0718. The standard InChI is InChI=1S/C13H17N3O4S/c1-7-4-10(14)9(3)13(8(7)2)21(19,20)16-5-11(17)15-12(18)6-16/h4H,5-6,14H2,1-3H3,(H,15,17,18). The molecular formula is C13H17N3O4S. The molecule has 1 saturated heterocycles. The van der Waals surface area contributed by atoms with E-state index in [2.05, 4.69) is 5.32 Å². The molecule has 7 nitrogen and oxygen atoms in total. The van der Waals surface area contributed by atoms with E-state index in [4.69, 9.17) is 5.73 Å². The van der Waals surface area contributed by atoms with Gasteiger partial charge in [0.1, 0.15) is 0 Å². The third-order valence-electron chi connectivity index (χ3n) is 3.59. The van der Waals surface area contributed by atoms with Gasteiger partial charge in [-0.05, 0) is 43.5 Å². The van der Waals surface area contributed by atoms with Crippen molar-refractivity contribution in [1.29, 1.82) is 0 Å². The average molecular weight is 311 g/mol. The topological polar surface area (TPSA) is 110 Å². The molecule has 0 radical (unpaired) electrons. The highest BCUT2D eigenvalue weighted by Crippen LogP contribution is 2.30. The number of anilines is 1. The summed E-state index contributed by atoms with van der Waals surface area (Å²) in [6, 6.07) is 1.71. The van der Waals surface area contributed by atoms with Crippen LogP contribution in [0.5, 0.6) is 0 Å². The van der Waals surface area contributed by atoms with Crippen molar-refractivity contribution in [1.82, 2.24) is 9.62 Å². The number of nitrogens with zero attached hydrogens (tertiary/aromatic N) is 1. The van der Waals surface area contributed by atoms with Gasteiger partial charge in [0, 0.05) is 5.69 Å². The zero-order valence-corrected chi connectivity index (χ0v) is 12.9. The zero-order valence-electron chi connectivity index (χ0n) is 12.1. The van der Waals surface area contributed by atoms with Crippen molar-refractivity contribution in [3.8, 4) is 0 Å². The van der Waals surface area contributed by atoms with Crippen molar-refractivity contribution in [3.63, 3.8) is 0 Å². The molecular weight excluding hydrogens is 294 g/mol. The predicted octanol–water partition coefficient (Wildman–Crippen LogP) is -0.159. The maximum absolute atomic E-state index is 12.8. The van der Waals surface area contributed by atoms with Crippen molar-refractivity contribution in [2.45, 2.75) is 25.7 Å². The van der Waals surface area contributed by atoms with E-state index in [1.807, 2.05) is 0 Å². The number of nitrogen functional groups attached to an aromatic ring is 1. The number of piperazine rings is 1. The maximum Gasteiger partial charge on any atom is 0.244 e. The number of carbonyl (C=O) groups excluding carboxylic acids is 2. The molecule has 8 heteroatoms. The highest BCUT2D eigenvalue weighted by Gasteiger charge is 2.35. The lowest BCUT2D eigenvalue weighted by Crippen LogP contribution is -2.53. The second-order valence-electron chi connectivity index (χ2n) is 5.11. The van der Waals surface area contributed by atoms with Crippen LogP contribution in [0, 0.1) is 20.8 Å². The van der Waals surface area contributed by atoms with Gasteiger partial charge in [0.05, 0.1) is 18.0 Å². The Hall–Kier alpha value is -1.93. The second-order valence-corrected chi connectivity index (χ2v) is 6.98. The molecule has 1 aromatic carbocycles. The minimum Gasteiger partial charge on any atom is -0.398 e. The Morgan fingerprint density at radius 2 is 1.62 bits per heavy atom. The fraction of sp³-hybridized carbons (Fsp3) is 0.385. The molecule has 0 aromatic heterocycles. The largest absolute Gasteiger partial charge is 0.398 e. The number of hydrogen-bond acceptors (Lipinski definition) is 5. The third-order valence-corrected chi connectivity index (χ3v) is 5.66. The Bertz CT molecular complexity index is 698. The summed E-state index contributed by atoms with van der Waals surface area (Å²) in [6.45, 7) is 4.31. The monoisotopic (exact) mass is 311 g/mol. The Labute approximate surface area is 123 Å². The molecule has 0 bridgehead atoms. The first-order valence-corrected chi connectivity index (χ1v) is 7.77. The fourth-order valence-corrected chi connectivity index (χ4v) is 4.22. The van der Waals surface area contributed by atoms with E-state index in [1.54, 1.807) is 26.8 Å². The lowest BCUT2D eigenvalue weighted by Gasteiger charge is -2.27. The number of aryl methyl sites for hydroxylation is 1. The molecule has 0 spiro atoms. The van der Waals surface area contributed by atoms with Crippen LogP contribution in [0.2, 0.25) is 0 Å². The van der Waals surface area contributed by atoms with Crippen molar-refractivity contribution >= 4 is 27.5 Å². The van der Waals surface area contributed by atoms with Gasteiger partial charge in [-0.1, -0.05) is 0 Å². The summed E-state index contributed by atoms with van der Waals surface area (Å²) in [7, 11) is -3.96. The molecule has 114 valence electrons. The quantitative estimate of drug-likeness (QED) is 0.582. The summed E-state index contributed by atoms with van der Waals surface area (Å²) in [5.74, 6) is -1.27. The maximum atomic E-state index is 12.8. The Balaban J connectivity index is 2.60. The lowest BCUT2D eigenvalue weighted by atomic mass is 10.1. The lowest BCUT2D eigenvalue weighted by molar-refractivity contribution is -0.134. The van der Waals surface area contributed by atoms with Crippen LogP contribution in [0.15, 0.2) is 11.0 Å². The molecule has 3 N–H and O–H groups in total. The molecule has 2 rings (SSSR count). The number of rotatable bonds is 2. The first-order chi connectivity index (χ1) is 9.64. The average Bonchev–Trinajstić information content (AvgIpc) is 2.35. The number of imide groups is 1. The van der Waals surface area contributed by atoms with Gasteiger partial charge in [-0.25, -0.2) is 8.42 Å². The summed E-state index contributed by atoms with van der Waals surface area (Å²) in [6.07, 6.45) is 0. The molecule has 1 aliphatic rings. The predicted molar refractivity (Wildman–Crippen MR) is 77.0 cm³/mol. The first kappa shape index (κ1) is 15.5. The van der Waals surface area contributed by atoms with E-state index in [-0.39, 0.29) is 18.0 Å². The molecule has 0 aliphatic carbocycles. The van der Waals surface area contributed by atoms with Gasteiger partial charge in [-0.2, -0.15) is 4.31 Å². The number of hydrogen-bond donors (Lipinski definition) is 2. The summed E-state index contributed by atoms with van der Waals surface area (Å²) in [5, 5.41) is 2.08. The number of amides is 2. The molecule has 1 aromatic rings. The molecule has 2 amide bonds. The van der Waals surface area contributed by atoms with E-state index < -0.39 is 21.8 Å². The molecule has 0 unspecified atom stereocenters. The van der Waals surface area contributed by atoms with Crippen LogP contribution in [-0.4, -0.2) is 37.6 Å². The molecule has 1 fully saturated rings. The van der Waals surface area contributed by atoms with E-state index in [0.29, 0.717) is 16.8 Å². The minimum atomic E-state index is -3.96. The Morgan fingerprint density at radius 3 is 2.14 bits per heavy atom. The van der Waals surface area contributed by atoms with Crippen molar-refractivity contribution in [3.05, 3.63) is 22.8 Å². The van der Waals surface area contributed by atoms with E-state index in [0.717, 1.165) is 9.87 Å². The molecule has 0 atom stereocenters. The molecule has 0 saturated carbocycles. The van der Waals surface area contributed by atoms with Gasteiger partial charge >= 0.3 is 0 Å². The fourth-order valence-electron chi connectivity index (χ4n) is 2.34. The van der Waals surface area contributed by atoms with Crippen LogP contribution in [0.3, 0.4) is 0 Å². The van der Waals surface area contributed by atoms with Gasteiger partial charge in [0.2, 0.25) is 21.8 Å². The van der Waals surface area contributed by atoms with E-state index in [9.17, 15) is 18.0 Å². The van der Waals surface area contributed by atoms with Crippen molar-refractivity contribution in [2.75, 3.05) is 18.8 Å². The van der Waals surface area contributed by atoms with E-state index in [1.165, 1.54) is 0 Å². The number of sulfonamides is 1. The van der Waals surface area contributed by atoms with Gasteiger partial charge in [0.25, 0.3) is 0 Å². The highest BCUT2D eigenvalue weighted by atomic mass is 32.2. The van der Waals surface area contributed by atoms with Crippen LogP contribution < -0.4 is 11.1 Å². The highest BCUT2D eigenvalue weighted by molar-refractivity contribution is 7.89. The van der Waals surface area contributed by atoms with Crippen LogP contribution in [0.1, 0.15) is 16.7 Å². The normalized spacial score (nSPS) is 16.9. The summed E-state index contributed by atoms with van der Waals surface area (Å²) in [5.41, 5.74) is 7.94. The van der Waals surface area contributed by atoms with Crippen LogP contribution >= 0.6 is 0 Å². The SMILES string of the molecule is Cc1cc(N)c(C)c(S(=O)(=O)N2CC(=O)NC(=O)C2)c1C. The molecule has 21 heavy (non-hydrogen) atoms. The van der Waals surface area contributed by atoms with Crippen LogP contribution in [0.25, 0.3) is 0 Å². The van der Waals surface area contributed by atoms with Crippen molar-refractivity contribution < 1.29 is 18.0 Å². The Morgan fingerprint density at radius 1 is 1.10 bits per heavy atom. The number of nitrogens with two attached hydrogens (primary N) is 1. The number of nitrogens with one attached hydrogen (secondary N) is 1. The van der Waals surface area contributed by atoms with E-state index >= 15 is 0 Å². The zero-order chi connectivity index (χ0) is 15.9. The molecule has 1 aliphatic heterocycles. The van der Waals surface area contributed by atoms with Crippen LogP contribution in [-0.2, 0) is 19.6 Å². The number of carbonyl (C=O) groups is 2. The summed E-state index contributed by atoms with van der Waals surface area (Å²) in [4.78, 5) is 22.9. The van der Waals surface area contributed by atoms with Crippen LogP contribution in [0.4, 0.5) is 5.69 Å². The smallest absolute Gasteiger partial charge is 0.244 e. The van der Waals surface area contributed by atoms with Gasteiger partial charge in [0.15, 0.2) is 0 Å². The summed E-state index contributed by atoms with van der Waals surface area (Å²) < 4.78 is 26.4. The molecule has 1 heterocycles.